The van der Waals surface area contributed by atoms with Crippen LogP contribution in [0.1, 0.15) is 71.1 Å². The van der Waals surface area contributed by atoms with Crippen LogP contribution in [0.2, 0.25) is 0 Å². The number of unbranched alkanes of at least 4 members (excludes halogenated alkanes) is 7. The highest BCUT2D eigenvalue weighted by atomic mass is 32.2. The fourth-order valence-electron chi connectivity index (χ4n) is 3.86. The van der Waals surface area contributed by atoms with E-state index in [1.54, 1.807) is 24.3 Å². The van der Waals surface area contributed by atoms with E-state index in [-0.39, 0.29) is 17.1 Å². The Hall–Kier alpha value is -2.54. The highest BCUT2D eigenvalue weighted by Gasteiger charge is 2.32. The third-order valence-electron chi connectivity index (χ3n) is 5.80. The number of hydrogen-bond donors (Lipinski definition) is 2. The minimum absolute atomic E-state index is 0.00371. The lowest BCUT2D eigenvalue weighted by molar-refractivity contribution is -0.125. The summed E-state index contributed by atoms with van der Waals surface area (Å²) in [5.74, 6) is -0.231. The molecule has 3 N–H and O–H groups in total. The van der Waals surface area contributed by atoms with E-state index >= 15 is 0 Å². The van der Waals surface area contributed by atoms with Gasteiger partial charge in [-0.1, -0.05) is 76.5 Å². The first-order valence-electron chi connectivity index (χ1n) is 11.9. The van der Waals surface area contributed by atoms with Crippen molar-refractivity contribution in [1.82, 2.24) is 0 Å². The minimum Gasteiger partial charge on any atom is -0.508 e. The molecule has 0 bridgehead atoms. The number of nitrogens with two attached hydrogens (primary N) is 1. The molecule has 33 heavy (non-hydrogen) atoms. The number of primary amides is 1. The van der Waals surface area contributed by atoms with E-state index in [2.05, 4.69) is 6.92 Å². The maximum Gasteiger partial charge on any atom is 0.258 e. The first-order valence-corrected chi connectivity index (χ1v) is 13.4. The highest BCUT2D eigenvalue weighted by Crippen LogP contribution is 2.27. The van der Waals surface area contributed by atoms with Crippen LogP contribution >= 0.6 is 0 Å². The summed E-state index contributed by atoms with van der Waals surface area (Å²) in [6.07, 6.45) is 8.14. The summed E-state index contributed by atoms with van der Waals surface area (Å²) in [6, 6.07) is 14.3. The SMILES string of the molecule is CCCCCCCCCCC(CC(Oc1ccccc1)C(N)=O)S(=O)(=O)c1ccc(O)cc1. The average Bonchev–Trinajstić information content (AvgIpc) is 2.80. The molecule has 0 aromatic heterocycles. The van der Waals surface area contributed by atoms with Crippen molar-refractivity contribution in [3.05, 3.63) is 54.6 Å². The number of amides is 1. The number of carbonyl (C=O) groups excluding carboxylic acids is 1. The monoisotopic (exact) mass is 475 g/mol. The molecule has 0 spiro atoms. The largest absolute Gasteiger partial charge is 0.508 e. The van der Waals surface area contributed by atoms with E-state index in [0.29, 0.717) is 12.2 Å². The molecule has 2 aromatic rings. The van der Waals surface area contributed by atoms with Crippen LogP contribution in [0.4, 0.5) is 0 Å². The Morgan fingerprint density at radius 2 is 1.48 bits per heavy atom. The highest BCUT2D eigenvalue weighted by molar-refractivity contribution is 7.92. The lowest BCUT2D eigenvalue weighted by atomic mass is 10.0. The molecule has 2 rings (SSSR count). The maximum atomic E-state index is 13.4. The summed E-state index contributed by atoms with van der Waals surface area (Å²) in [7, 11) is -3.74. The van der Waals surface area contributed by atoms with Crippen molar-refractivity contribution >= 4 is 15.7 Å². The number of rotatable bonds is 16. The van der Waals surface area contributed by atoms with Crippen molar-refractivity contribution in [3.8, 4) is 11.5 Å². The van der Waals surface area contributed by atoms with Gasteiger partial charge < -0.3 is 15.6 Å². The Morgan fingerprint density at radius 3 is 2.06 bits per heavy atom. The molecule has 1 amide bonds. The molecular weight excluding hydrogens is 438 g/mol. The minimum atomic E-state index is -3.74. The number of hydrogen-bond acceptors (Lipinski definition) is 5. The predicted molar refractivity (Wildman–Crippen MR) is 131 cm³/mol. The molecule has 2 atom stereocenters. The Balaban J connectivity index is 2.10. The first-order chi connectivity index (χ1) is 15.8. The zero-order chi connectivity index (χ0) is 24.1. The predicted octanol–water partition coefficient (Wildman–Crippen LogP) is 5.39. The van der Waals surface area contributed by atoms with E-state index < -0.39 is 27.1 Å². The molecule has 0 heterocycles. The van der Waals surface area contributed by atoms with Crippen molar-refractivity contribution in [2.75, 3.05) is 0 Å². The van der Waals surface area contributed by atoms with Gasteiger partial charge >= 0.3 is 0 Å². The van der Waals surface area contributed by atoms with Crippen molar-refractivity contribution in [2.45, 2.75) is 87.4 Å². The first kappa shape index (κ1) is 26.7. The molecule has 0 aliphatic rings. The second kappa shape index (κ2) is 13.9. The van der Waals surface area contributed by atoms with E-state index in [4.69, 9.17) is 10.5 Å². The summed E-state index contributed by atoms with van der Waals surface area (Å²) >= 11 is 0. The molecule has 0 fully saturated rings. The summed E-state index contributed by atoms with van der Waals surface area (Å²) in [4.78, 5) is 12.2. The molecule has 2 unspecified atom stereocenters. The molecule has 6 nitrogen and oxygen atoms in total. The topological polar surface area (TPSA) is 107 Å². The quantitative estimate of drug-likeness (QED) is 0.317. The number of ether oxygens (including phenoxy) is 1. The van der Waals surface area contributed by atoms with Crippen molar-refractivity contribution < 1.29 is 23.1 Å². The number of carbonyl (C=O) groups is 1. The van der Waals surface area contributed by atoms with Gasteiger partial charge in [0.25, 0.3) is 5.91 Å². The molecule has 182 valence electrons. The number of aromatic hydroxyl groups is 1. The second-order valence-electron chi connectivity index (χ2n) is 8.48. The zero-order valence-electron chi connectivity index (χ0n) is 19.5. The van der Waals surface area contributed by atoms with Gasteiger partial charge in [-0.2, -0.15) is 0 Å². The van der Waals surface area contributed by atoms with E-state index in [1.165, 1.54) is 49.9 Å². The third kappa shape index (κ3) is 9.08. The van der Waals surface area contributed by atoms with E-state index in [9.17, 15) is 18.3 Å². The third-order valence-corrected chi connectivity index (χ3v) is 8.03. The number of para-hydroxylation sites is 1. The van der Waals surface area contributed by atoms with Crippen LogP contribution in [-0.4, -0.2) is 30.8 Å². The molecular formula is C26H37NO5S. The Labute approximate surface area is 198 Å². The molecule has 0 aliphatic heterocycles. The maximum absolute atomic E-state index is 13.4. The standard InChI is InChI=1S/C26H37NO5S/c1-2-3-4-5-6-7-8-12-15-24(33(30,31)23-18-16-21(28)17-19-23)20-25(26(27)29)32-22-13-10-9-11-14-22/h9-11,13-14,16-19,24-25,28H,2-8,12,15,20H2,1H3,(H2,27,29). The summed E-state index contributed by atoms with van der Waals surface area (Å²) < 4.78 is 32.6. The Morgan fingerprint density at radius 1 is 0.909 bits per heavy atom. The van der Waals surface area contributed by atoms with Crippen molar-refractivity contribution in [2.24, 2.45) is 5.73 Å². The molecule has 0 radical (unpaired) electrons. The van der Waals surface area contributed by atoms with Crippen LogP contribution in [-0.2, 0) is 14.6 Å². The number of sulfone groups is 1. The summed E-state index contributed by atoms with van der Waals surface area (Å²) in [6.45, 7) is 2.19. The summed E-state index contributed by atoms with van der Waals surface area (Å²) in [5.41, 5.74) is 5.58. The lowest BCUT2D eigenvalue weighted by Crippen LogP contribution is -2.39. The van der Waals surface area contributed by atoms with Crippen LogP contribution in [0, 0.1) is 0 Å². The van der Waals surface area contributed by atoms with Crippen LogP contribution in [0.5, 0.6) is 11.5 Å². The fraction of sp³-hybridized carbons (Fsp3) is 0.500. The molecule has 0 saturated carbocycles. The number of phenolic OH excluding ortho intramolecular Hbond substituents is 1. The van der Waals surface area contributed by atoms with Gasteiger partial charge in [-0.25, -0.2) is 8.42 Å². The summed E-state index contributed by atoms with van der Waals surface area (Å²) in [5, 5.41) is 8.73. The smallest absolute Gasteiger partial charge is 0.258 e. The zero-order valence-corrected chi connectivity index (χ0v) is 20.3. The lowest BCUT2D eigenvalue weighted by Gasteiger charge is -2.23. The van der Waals surface area contributed by atoms with Crippen LogP contribution in [0.3, 0.4) is 0 Å². The molecule has 0 aliphatic carbocycles. The second-order valence-corrected chi connectivity index (χ2v) is 10.7. The van der Waals surface area contributed by atoms with Gasteiger partial charge in [0.15, 0.2) is 15.9 Å². The van der Waals surface area contributed by atoms with Crippen molar-refractivity contribution in [1.29, 1.82) is 0 Å². The van der Waals surface area contributed by atoms with Gasteiger partial charge in [-0.05, 0) is 42.8 Å². The van der Waals surface area contributed by atoms with Gasteiger partial charge in [-0.3, -0.25) is 4.79 Å². The Bertz CT molecular complexity index is 929. The molecule has 2 aromatic carbocycles. The normalized spacial score (nSPS) is 13.4. The molecule has 0 saturated heterocycles. The fourth-order valence-corrected chi connectivity index (χ4v) is 5.66. The molecule has 7 heteroatoms. The van der Waals surface area contributed by atoms with Crippen LogP contribution < -0.4 is 10.5 Å². The average molecular weight is 476 g/mol. The van der Waals surface area contributed by atoms with Gasteiger partial charge in [0, 0.05) is 6.42 Å². The number of phenols is 1. The van der Waals surface area contributed by atoms with Gasteiger partial charge in [0.2, 0.25) is 0 Å². The van der Waals surface area contributed by atoms with Crippen LogP contribution in [0.15, 0.2) is 59.5 Å². The van der Waals surface area contributed by atoms with E-state index in [1.807, 2.05) is 6.07 Å². The van der Waals surface area contributed by atoms with E-state index in [0.717, 1.165) is 25.7 Å². The van der Waals surface area contributed by atoms with Gasteiger partial charge in [0.05, 0.1) is 10.1 Å². The Kier molecular flexibility index (Phi) is 11.2. The van der Waals surface area contributed by atoms with Gasteiger partial charge in [-0.15, -0.1) is 0 Å². The van der Waals surface area contributed by atoms with Crippen molar-refractivity contribution in [3.63, 3.8) is 0 Å². The van der Waals surface area contributed by atoms with Crippen LogP contribution in [0.25, 0.3) is 0 Å². The van der Waals surface area contributed by atoms with Gasteiger partial charge in [0.1, 0.15) is 11.5 Å². The number of benzene rings is 2.